The second-order valence-electron chi connectivity index (χ2n) is 4.96. The fourth-order valence-electron chi connectivity index (χ4n) is 2.64. The molecule has 2 aliphatic rings. The molecule has 0 saturated carbocycles. The number of hydrogen-bond donors (Lipinski definition) is 1. The first kappa shape index (κ1) is 15.2. The Bertz CT molecular complexity index is 444. The summed E-state index contributed by atoms with van der Waals surface area (Å²) in [7, 11) is 0. The second-order valence-corrected chi connectivity index (χ2v) is 7.18. The Morgan fingerprint density at radius 2 is 2.11 bits per heavy atom. The van der Waals surface area contributed by atoms with Crippen LogP contribution < -0.4 is 5.73 Å². The van der Waals surface area contributed by atoms with E-state index in [1.54, 1.807) is 23.1 Å². The van der Waals surface area contributed by atoms with Crippen molar-refractivity contribution in [3.05, 3.63) is 21.9 Å². The Balaban J connectivity index is 0.00000133. The molecule has 0 aliphatic carbocycles. The molecule has 3 heterocycles. The van der Waals surface area contributed by atoms with Crippen LogP contribution in [0.2, 0.25) is 0 Å². The van der Waals surface area contributed by atoms with Crippen LogP contribution in [0.15, 0.2) is 11.4 Å². The summed E-state index contributed by atoms with van der Waals surface area (Å²) in [5.74, 6) is 1.36. The van der Waals surface area contributed by atoms with Gasteiger partial charge in [0.2, 0.25) is 5.91 Å². The lowest BCUT2D eigenvalue weighted by Crippen LogP contribution is -2.44. The Hall–Kier alpha value is -0.230. The van der Waals surface area contributed by atoms with E-state index in [-0.39, 0.29) is 23.7 Å². The van der Waals surface area contributed by atoms with Gasteiger partial charge in [0.15, 0.2) is 0 Å². The maximum atomic E-state index is 12.6. The van der Waals surface area contributed by atoms with Gasteiger partial charge in [-0.1, -0.05) is 0 Å². The van der Waals surface area contributed by atoms with Crippen molar-refractivity contribution in [2.45, 2.75) is 30.6 Å². The molecule has 2 aliphatic heterocycles. The van der Waals surface area contributed by atoms with E-state index in [1.807, 2.05) is 4.90 Å². The second kappa shape index (κ2) is 6.48. The molecule has 1 aromatic heterocycles. The zero-order valence-electron chi connectivity index (χ0n) is 10.7. The lowest BCUT2D eigenvalue weighted by atomic mass is 10.0. The minimum Gasteiger partial charge on any atom is -0.341 e. The summed E-state index contributed by atoms with van der Waals surface area (Å²) in [6.07, 6.45) is 3.01. The van der Waals surface area contributed by atoms with Gasteiger partial charge in [-0.15, -0.1) is 35.5 Å². The lowest BCUT2D eigenvalue weighted by Gasteiger charge is -2.33. The number of amides is 1. The molecule has 2 N–H and O–H groups in total. The summed E-state index contributed by atoms with van der Waals surface area (Å²) in [5, 5.41) is 2.15. The largest absolute Gasteiger partial charge is 0.341 e. The number of rotatable bonds is 1. The molecular formula is C13H19ClN2OS2. The number of aryl methyl sites for hydroxylation is 1. The number of carbonyl (C=O) groups is 1. The minimum absolute atomic E-state index is 0. The topological polar surface area (TPSA) is 46.3 Å². The molecule has 0 spiro atoms. The van der Waals surface area contributed by atoms with Gasteiger partial charge >= 0.3 is 0 Å². The Morgan fingerprint density at radius 1 is 1.37 bits per heavy atom. The Labute approximate surface area is 128 Å². The first-order valence-electron chi connectivity index (χ1n) is 6.48. The predicted octanol–water partition coefficient (Wildman–Crippen LogP) is 2.45. The number of nitrogens with zero attached hydrogens (tertiary/aromatic N) is 1. The summed E-state index contributed by atoms with van der Waals surface area (Å²) in [4.78, 5) is 16.0. The van der Waals surface area contributed by atoms with Gasteiger partial charge in [0.25, 0.3) is 0 Å². The molecule has 0 bridgehead atoms. The van der Waals surface area contributed by atoms with Crippen LogP contribution in [0.25, 0.3) is 0 Å². The Morgan fingerprint density at radius 3 is 2.84 bits per heavy atom. The van der Waals surface area contributed by atoms with Gasteiger partial charge in [-0.2, -0.15) is 0 Å². The van der Waals surface area contributed by atoms with Crippen LogP contribution >= 0.6 is 35.5 Å². The average molecular weight is 319 g/mol. The molecule has 19 heavy (non-hydrogen) atoms. The normalized spacial score (nSPS) is 23.6. The van der Waals surface area contributed by atoms with E-state index in [2.05, 4.69) is 11.4 Å². The van der Waals surface area contributed by atoms with E-state index in [0.717, 1.165) is 38.1 Å². The zero-order chi connectivity index (χ0) is 12.5. The third kappa shape index (κ3) is 3.10. The van der Waals surface area contributed by atoms with E-state index < -0.39 is 0 Å². The molecule has 0 radical (unpaired) electrons. The highest BCUT2D eigenvalue weighted by molar-refractivity contribution is 8.00. The molecule has 1 aromatic rings. The highest BCUT2D eigenvalue weighted by Crippen LogP contribution is 2.40. The van der Waals surface area contributed by atoms with E-state index in [9.17, 15) is 4.79 Å². The van der Waals surface area contributed by atoms with Crippen LogP contribution in [0.5, 0.6) is 0 Å². The summed E-state index contributed by atoms with van der Waals surface area (Å²) in [5.41, 5.74) is 7.15. The minimum atomic E-state index is 0. The van der Waals surface area contributed by atoms with Crippen LogP contribution in [-0.2, 0) is 11.2 Å². The zero-order valence-corrected chi connectivity index (χ0v) is 13.2. The monoisotopic (exact) mass is 318 g/mol. The highest BCUT2D eigenvalue weighted by Gasteiger charge is 2.32. The number of carbonyl (C=O) groups excluding carboxylic acids is 1. The van der Waals surface area contributed by atoms with Gasteiger partial charge in [0, 0.05) is 24.0 Å². The van der Waals surface area contributed by atoms with E-state index in [0.29, 0.717) is 5.91 Å². The highest BCUT2D eigenvalue weighted by atomic mass is 35.5. The maximum Gasteiger partial charge on any atom is 0.240 e. The standard InChI is InChI=1S/C13H18N2OS2.ClH/c14-9-1-5-15(6-2-9)13(16)12-10-3-7-17-11(10)4-8-18-12;/h3,7,9,12H,1-2,4-6,8,14H2;1H. The van der Waals surface area contributed by atoms with Gasteiger partial charge in [0.1, 0.15) is 5.25 Å². The van der Waals surface area contributed by atoms with Gasteiger partial charge in [-0.05, 0) is 42.0 Å². The molecule has 3 rings (SSSR count). The molecule has 3 nitrogen and oxygen atoms in total. The third-order valence-electron chi connectivity index (χ3n) is 3.75. The van der Waals surface area contributed by atoms with Crippen molar-refractivity contribution in [1.29, 1.82) is 0 Å². The SMILES string of the molecule is Cl.NC1CCN(C(=O)C2SCCc3sccc32)CC1. The maximum absolute atomic E-state index is 12.6. The van der Waals surface area contributed by atoms with E-state index >= 15 is 0 Å². The number of nitrogens with two attached hydrogens (primary N) is 1. The fraction of sp³-hybridized carbons (Fsp3) is 0.615. The van der Waals surface area contributed by atoms with Crippen molar-refractivity contribution in [3.63, 3.8) is 0 Å². The number of piperidine rings is 1. The van der Waals surface area contributed by atoms with Crippen LogP contribution in [-0.4, -0.2) is 35.7 Å². The molecule has 1 fully saturated rings. The van der Waals surface area contributed by atoms with Gasteiger partial charge in [-0.3, -0.25) is 4.79 Å². The summed E-state index contributed by atoms with van der Waals surface area (Å²) >= 11 is 3.59. The van der Waals surface area contributed by atoms with Crippen LogP contribution in [0.1, 0.15) is 28.5 Å². The number of thioether (sulfide) groups is 1. The van der Waals surface area contributed by atoms with Crippen molar-refractivity contribution in [2.75, 3.05) is 18.8 Å². The predicted molar refractivity (Wildman–Crippen MR) is 84.3 cm³/mol. The van der Waals surface area contributed by atoms with Crippen molar-refractivity contribution < 1.29 is 4.79 Å². The van der Waals surface area contributed by atoms with Crippen LogP contribution in [0, 0.1) is 0 Å². The number of likely N-dealkylation sites (tertiary alicyclic amines) is 1. The smallest absolute Gasteiger partial charge is 0.240 e. The van der Waals surface area contributed by atoms with Gasteiger partial charge < -0.3 is 10.6 Å². The van der Waals surface area contributed by atoms with Gasteiger partial charge in [-0.25, -0.2) is 0 Å². The first-order valence-corrected chi connectivity index (χ1v) is 8.41. The molecule has 1 atom stereocenters. The summed E-state index contributed by atoms with van der Waals surface area (Å²) < 4.78 is 0. The lowest BCUT2D eigenvalue weighted by molar-refractivity contribution is -0.131. The molecular weight excluding hydrogens is 300 g/mol. The molecule has 6 heteroatoms. The Kier molecular flexibility index (Phi) is 5.17. The summed E-state index contributed by atoms with van der Waals surface area (Å²) in [6, 6.07) is 2.41. The van der Waals surface area contributed by atoms with Crippen LogP contribution in [0.3, 0.4) is 0 Å². The van der Waals surface area contributed by atoms with Crippen molar-refractivity contribution in [2.24, 2.45) is 5.73 Å². The van der Waals surface area contributed by atoms with Gasteiger partial charge in [0.05, 0.1) is 0 Å². The average Bonchev–Trinajstić information content (AvgIpc) is 2.87. The number of hydrogen-bond acceptors (Lipinski definition) is 4. The number of thiophene rings is 1. The fourth-order valence-corrected chi connectivity index (χ4v) is 5.01. The number of halogens is 1. The van der Waals surface area contributed by atoms with Crippen molar-refractivity contribution in [1.82, 2.24) is 4.90 Å². The number of fused-ring (bicyclic) bond motifs is 1. The third-order valence-corrected chi connectivity index (χ3v) is 5.98. The van der Waals surface area contributed by atoms with E-state index in [1.165, 1.54) is 10.4 Å². The molecule has 0 aromatic carbocycles. The molecule has 1 unspecified atom stereocenters. The van der Waals surface area contributed by atoms with Crippen molar-refractivity contribution in [3.8, 4) is 0 Å². The molecule has 106 valence electrons. The summed E-state index contributed by atoms with van der Waals surface area (Å²) in [6.45, 7) is 1.66. The van der Waals surface area contributed by atoms with Crippen molar-refractivity contribution >= 4 is 41.4 Å². The molecule has 1 amide bonds. The van der Waals surface area contributed by atoms with E-state index in [4.69, 9.17) is 5.73 Å². The quantitative estimate of drug-likeness (QED) is 0.865. The van der Waals surface area contributed by atoms with Crippen LogP contribution in [0.4, 0.5) is 0 Å². The molecule has 1 saturated heterocycles. The first-order chi connectivity index (χ1) is 8.75.